The molecule has 6 nitrogen and oxygen atoms in total. The minimum atomic E-state index is -0.0726. The molecular formula is C24H34N4O2. The third-order valence-corrected chi connectivity index (χ3v) is 4.72. The molecule has 3 N–H and O–H groups in total. The quantitative estimate of drug-likeness (QED) is 0.415. The van der Waals surface area contributed by atoms with E-state index in [0.717, 1.165) is 42.3 Å². The van der Waals surface area contributed by atoms with Crippen molar-refractivity contribution < 1.29 is 9.53 Å². The van der Waals surface area contributed by atoms with E-state index >= 15 is 0 Å². The molecule has 0 heterocycles. The molecule has 0 saturated heterocycles. The Morgan fingerprint density at radius 3 is 2.63 bits per heavy atom. The molecule has 0 aliphatic heterocycles. The first-order chi connectivity index (χ1) is 14.5. The number of ether oxygens (including phenoxy) is 1. The van der Waals surface area contributed by atoms with Gasteiger partial charge in [-0.25, -0.2) is 0 Å². The Balaban J connectivity index is 1.84. The molecule has 0 unspecified atom stereocenters. The van der Waals surface area contributed by atoms with E-state index in [0.29, 0.717) is 24.6 Å². The maximum absolute atomic E-state index is 11.8. The molecule has 0 aliphatic rings. The van der Waals surface area contributed by atoms with Crippen LogP contribution in [0.2, 0.25) is 0 Å². The second-order valence-electron chi connectivity index (χ2n) is 7.52. The fourth-order valence-corrected chi connectivity index (χ4v) is 2.93. The predicted octanol–water partition coefficient (Wildman–Crippen LogP) is 3.38. The molecule has 30 heavy (non-hydrogen) atoms. The van der Waals surface area contributed by atoms with E-state index in [9.17, 15) is 4.79 Å². The van der Waals surface area contributed by atoms with Crippen LogP contribution in [0.4, 0.5) is 0 Å². The lowest BCUT2D eigenvalue weighted by atomic mass is 10.1. The van der Waals surface area contributed by atoms with Gasteiger partial charge in [-0.05, 0) is 42.5 Å². The molecule has 1 amide bonds. The van der Waals surface area contributed by atoms with Gasteiger partial charge in [-0.1, -0.05) is 44.2 Å². The van der Waals surface area contributed by atoms with Crippen molar-refractivity contribution in [1.82, 2.24) is 16.0 Å². The summed E-state index contributed by atoms with van der Waals surface area (Å²) < 4.78 is 5.96. The van der Waals surface area contributed by atoms with E-state index < -0.39 is 0 Å². The monoisotopic (exact) mass is 410 g/mol. The number of guanidine groups is 1. The summed E-state index contributed by atoms with van der Waals surface area (Å²) in [6.45, 7) is 6.45. The van der Waals surface area contributed by atoms with Crippen molar-refractivity contribution in [2.24, 2.45) is 10.9 Å². The fourth-order valence-electron chi connectivity index (χ4n) is 2.93. The zero-order chi connectivity index (χ0) is 21.8. The average molecular weight is 411 g/mol. The number of carbonyl (C=O) groups excluding carboxylic acids is 1. The maximum atomic E-state index is 11.8. The third-order valence-electron chi connectivity index (χ3n) is 4.72. The number of hydrogen-bond donors (Lipinski definition) is 3. The Labute approximate surface area is 180 Å². The Hall–Kier alpha value is -3.02. The van der Waals surface area contributed by atoms with Crippen LogP contribution in [0.15, 0.2) is 53.5 Å². The lowest BCUT2D eigenvalue weighted by Gasteiger charge is -2.15. The summed E-state index contributed by atoms with van der Waals surface area (Å²) in [6, 6.07) is 15.7. The van der Waals surface area contributed by atoms with E-state index in [2.05, 4.69) is 40.9 Å². The van der Waals surface area contributed by atoms with Crippen molar-refractivity contribution in [2.45, 2.75) is 33.2 Å². The lowest BCUT2D eigenvalue weighted by molar-refractivity contribution is 0.0963. The molecule has 2 rings (SSSR count). The molecule has 2 aromatic carbocycles. The average Bonchev–Trinajstić information content (AvgIpc) is 2.76. The second kappa shape index (κ2) is 12.5. The standard InChI is InChI=1S/C24H34N4O2/c1-18(2)13-15-30-22-11-6-5-9-21(22)17-28-24(26-4)27-14-12-19-8-7-10-20(16-19)23(29)25-3/h5-11,16,18H,12-15,17H2,1-4H3,(H,25,29)(H2,26,27,28). The molecular weight excluding hydrogens is 376 g/mol. The molecule has 0 aromatic heterocycles. The summed E-state index contributed by atoms with van der Waals surface area (Å²) in [5.41, 5.74) is 2.87. The van der Waals surface area contributed by atoms with Crippen LogP contribution < -0.4 is 20.7 Å². The van der Waals surface area contributed by atoms with Gasteiger partial charge in [-0.2, -0.15) is 0 Å². The first kappa shape index (κ1) is 23.3. The van der Waals surface area contributed by atoms with Gasteiger partial charge in [0.1, 0.15) is 5.75 Å². The fraction of sp³-hybridized carbons (Fsp3) is 0.417. The van der Waals surface area contributed by atoms with Gasteiger partial charge in [0.05, 0.1) is 6.61 Å². The molecule has 0 atom stereocenters. The smallest absolute Gasteiger partial charge is 0.251 e. The van der Waals surface area contributed by atoms with E-state index in [1.807, 2.05) is 42.5 Å². The molecule has 0 aliphatic carbocycles. The van der Waals surface area contributed by atoms with Crippen molar-refractivity contribution in [2.75, 3.05) is 27.2 Å². The van der Waals surface area contributed by atoms with Crippen molar-refractivity contribution in [3.63, 3.8) is 0 Å². The van der Waals surface area contributed by atoms with Gasteiger partial charge in [0, 0.05) is 38.3 Å². The number of carbonyl (C=O) groups is 1. The van der Waals surface area contributed by atoms with Crippen LogP contribution in [0.3, 0.4) is 0 Å². The number of nitrogens with zero attached hydrogens (tertiary/aromatic N) is 1. The summed E-state index contributed by atoms with van der Waals surface area (Å²) in [7, 11) is 3.40. The predicted molar refractivity (Wildman–Crippen MR) is 123 cm³/mol. The first-order valence-corrected chi connectivity index (χ1v) is 10.5. The number of amides is 1. The highest BCUT2D eigenvalue weighted by molar-refractivity contribution is 5.94. The van der Waals surface area contributed by atoms with Crippen LogP contribution in [-0.2, 0) is 13.0 Å². The molecule has 0 bridgehead atoms. The minimum Gasteiger partial charge on any atom is -0.493 e. The van der Waals surface area contributed by atoms with Crippen LogP contribution in [0.25, 0.3) is 0 Å². The summed E-state index contributed by atoms with van der Waals surface area (Å²) in [4.78, 5) is 16.1. The van der Waals surface area contributed by atoms with Gasteiger partial charge >= 0.3 is 0 Å². The Morgan fingerprint density at radius 2 is 1.90 bits per heavy atom. The molecule has 0 saturated carbocycles. The van der Waals surface area contributed by atoms with Crippen LogP contribution >= 0.6 is 0 Å². The number of aliphatic imine (C=N–C) groups is 1. The highest BCUT2D eigenvalue weighted by atomic mass is 16.5. The molecule has 162 valence electrons. The summed E-state index contributed by atoms with van der Waals surface area (Å²) in [5, 5.41) is 9.32. The zero-order valence-corrected chi connectivity index (χ0v) is 18.5. The third kappa shape index (κ3) is 7.78. The molecule has 0 fully saturated rings. The Kier molecular flexibility index (Phi) is 9.71. The number of para-hydroxylation sites is 1. The highest BCUT2D eigenvalue weighted by Crippen LogP contribution is 2.18. The van der Waals surface area contributed by atoms with Crippen LogP contribution in [0.5, 0.6) is 5.75 Å². The number of benzene rings is 2. The first-order valence-electron chi connectivity index (χ1n) is 10.5. The van der Waals surface area contributed by atoms with Gasteiger partial charge in [0.15, 0.2) is 5.96 Å². The van der Waals surface area contributed by atoms with Crippen molar-refractivity contribution in [3.05, 3.63) is 65.2 Å². The highest BCUT2D eigenvalue weighted by Gasteiger charge is 2.06. The molecule has 2 aromatic rings. The Bertz CT molecular complexity index is 833. The van der Waals surface area contributed by atoms with Crippen LogP contribution in [-0.4, -0.2) is 39.1 Å². The number of nitrogens with one attached hydrogen (secondary N) is 3. The normalized spacial score (nSPS) is 11.3. The summed E-state index contributed by atoms with van der Waals surface area (Å²) in [6.07, 6.45) is 1.83. The minimum absolute atomic E-state index is 0.0726. The van der Waals surface area contributed by atoms with Crippen LogP contribution in [0.1, 0.15) is 41.8 Å². The number of rotatable bonds is 10. The summed E-state index contributed by atoms with van der Waals surface area (Å²) >= 11 is 0. The molecule has 0 spiro atoms. The van der Waals surface area contributed by atoms with E-state index in [1.165, 1.54) is 0 Å². The van der Waals surface area contributed by atoms with Crippen molar-refractivity contribution in [1.29, 1.82) is 0 Å². The zero-order valence-electron chi connectivity index (χ0n) is 18.5. The van der Waals surface area contributed by atoms with Gasteiger partial charge < -0.3 is 20.7 Å². The second-order valence-corrected chi connectivity index (χ2v) is 7.52. The summed E-state index contributed by atoms with van der Waals surface area (Å²) in [5.74, 6) is 2.19. The van der Waals surface area contributed by atoms with Gasteiger partial charge in [-0.15, -0.1) is 0 Å². The Morgan fingerprint density at radius 1 is 1.10 bits per heavy atom. The molecule has 0 radical (unpaired) electrons. The number of hydrogen-bond acceptors (Lipinski definition) is 3. The van der Waals surface area contributed by atoms with E-state index in [1.54, 1.807) is 14.1 Å². The van der Waals surface area contributed by atoms with E-state index in [-0.39, 0.29) is 5.91 Å². The van der Waals surface area contributed by atoms with E-state index in [4.69, 9.17) is 4.74 Å². The van der Waals surface area contributed by atoms with Crippen molar-refractivity contribution in [3.8, 4) is 5.75 Å². The lowest BCUT2D eigenvalue weighted by Crippen LogP contribution is -2.38. The topological polar surface area (TPSA) is 74.8 Å². The SMILES string of the molecule is CN=C(NCCc1cccc(C(=O)NC)c1)NCc1ccccc1OCCC(C)C. The van der Waals surface area contributed by atoms with Crippen LogP contribution in [0, 0.1) is 5.92 Å². The van der Waals surface area contributed by atoms with Gasteiger partial charge in [0.2, 0.25) is 0 Å². The largest absolute Gasteiger partial charge is 0.493 e. The molecule has 6 heteroatoms. The van der Waals surface area contributed by atoms with Gasteiger partial charge in [0.25, 0.3) is 5.91 Å². The van der Waals surface area contributed by atoms with Gasteiger partial charge in [-0.3, -0.25) is 9.79 Å². The van der Waals surface area contributed by atoms with Crippen molar-refractivity contribution >= 4 is 11.9 Å². The maximum Gasteiger partial charge on any atom is 0.251 e.